The number of ether oxygens (including phenoxy) is 1. The van der Waals surface area contributed by atoms with Gasteiger partial charge in [0.2, 0.25) is 0 Å². The maximum atomic E-state index is 10.3. The second kappa shape index (κ2) is 7.82. The van der Waals surface area contributed by atoms with Crippen LogP contribution in [0.1, 0.15) is 50.5 Å². The first kappa shape index (κ1) is 15.6. The van der Waals surface area contributed by atoms with E-state index in [4.69, 9.17) is 4.74 Å². The van der Waals surface area contributed by atoms with Gasteiger partial charge in [0, 0.05) is 16.5 Å². The average molecular weight is 339 g/mol. The zero-order valence-corrected chi connectivity index (χ0v) is 13.7. The Labute approximate surface area is 130 Å². The Morgan fingerprint density at radius 1 is 1.30 bits per heavy atom. The van der Waals surface area contributed by atoms with E-state index >= 15 is 0 Å². The largest absolute Gasteiger partial charge is 0.490 e. The van der Waals surface area contributed by atoms with Crippen molar-refractivity contribution in [3.8, 4) is 5.75 Å². The smallest absolute Gasteiger partial charge is 0.123 e. The maximum Gasteiger partial charge on any atom is 0.123 e. The van der Waals surface area contributed by atoms with Crippen LogP contribution < -0.4 is 4.74 Å². The highest BCUT2D eigenvalue weighted by Gasteiger charge is 2.22. The highest BCUT2D eigenvalue weighted by Crippen LogP contribution is 2.33. The third-order valence-corrected chi connectivity index (χ3v) is 5.10. The number of hydrogen-bond acceptors (Lipinski definition) is 2. The molecule has 1 aromatic rings. The molecule has 0 bridgehead atoms. The van der Waals surface area contributed by atoms with Crippen LogP contribution in [0.15, 0.2) is 22.7 Å². The van der Waals surface area contributed by atoms with Gasteiger partial charge in [0.05, 0.1) is 6.10 Å². The minimum Gasteiger partial charge on any atom is -0.490 e. The van der Waals surface area contributed by atoms with Crippen LogP contribution in [-0.2, 0) is 4.79 Å². The van der Waals surface area contributed by atoms with Gasteiger partial charge in [-0.15, -0.1) is 0 Å². The molecular weight excluding hydrogens is 316 g/mol. The topological polar surface area (TPSA) is 26.3 Å². The Morgan fingerprint density at radius 3 is 2.75 bits per heavy atom. The van der Waals surface area contributed by atoms with Crippen molar-refractivity contribution in [2.75, 3.05) is 0 Å². The summed E-state index contributed by atoms with van der Waals surface area (Å²) in [4.78, 5) is 10.3. The molecule has 20 heavy (non-hydrogen) atoms. The molecule has 0 amide bonds. The summed E-state index contributed by atoms with van der Waals surface area (Å²) in [6.07, 6.45) is 9.08. The van der Waals surface area contributed by atoms with Gasteiger partial charge in [-0.25, -0.2) is 0 Å². The van der Waals surface area contributed by atoms with Gasteiger partial charge in [0.25, 0.3) is 0 Å². The molecule has 2 rings (SSSR count). The molecule has 0 atom stereocenters. The standard InChI is InChI=1S/C17H23BrO2/c1-13-16(18)6-4-7-17(13)20-15-10-8-14(9-11-15)5-2-3-12-19/h4,6-7,12,14-15H,2-3,5,8-11H2,1H3/t14-,15-. The van der Waals surface area contributed by atoms with Gasteiger partial charge in [0.1, 0.15) is 12.0 Å². The van der Waals surface area contributed by atoms with Crippen LogP contribution in [0, 0.1) is 12.8 Å². The fourth-order valence-corrected chi connectivity index (χ4v) is 3.27. The first-order valence-electron chi connectivity index (χ1n) is 7.56. The number of unbranched alkanes of at least 4 members (excludes halogenated alkanes) is 1. The van der Waals surface area contributed by atoms with Crippen LogP contribution in [-0.4, -0.2) is 12.4 Å². The van der Waals surface area contributed by atoms with Gasteiger partial charge in [-0.1, -0.05) is 28.4 Å². The lowest BCUT2D eigenvalue weighted by molar-refractivity contribution is -0.108. The maximum absolute atomic E-state index is 10.3. The SMILES string of the molecule is Cc1c(Br)cccc1O[C@H]1CC[C@H](CCCC=O)CC1. The third kappa shape index (κ3) is 4.34. The number of aldehydes is 1. The fraction of sp³-hybridized carbons (Fsp3) is 0.588. The van der Waals surface area contributed by atoms with Crippen LogP contribution in [0.25, 0.3) is 0 Å². The fourth-order valence-electron chi connectivity index (χ4n) is 2.92. The monoisotopic (exact) mass is 338 g/mol. The van der Waals surface area contributed by atoms with E-state index in [-0.39, 0.29) is 0 Å². The summed E-state index contributed by atoms with van der Waals surface area (Å²) in [5.74, 6) is 1.79. The lowest BCUT2D eigenvalue weighted by Gasteiger charge is -2.29. The Balaban J connectivity index is 1.79. The molecule has 0 unspecified atom stereocenters. The molecule has 1 saturated carbocycles. The second-order valence-corrected chi connectivity index (χ2v) is 6.58. The van der Waals surface area contributed by atoms with E-state index in [9.17, 15) is 4.79 Å². The lowest BCUT2D eigenvalue weighted by Crippen LogP contribution is -2.24. The molecule has 0 aliphatic heterocycles. The lowest BCUT2D eigenvalue weighted by atomic mass is 9.84. The highest BCUT2D eigenvalue weighted by molar-refractivity contribution is 9.10. The van der Waals surface area contributed by atoms with Crippen molar-refractivity contribution in [2.45, 2.75) is 58.0 Å². The molecule has 0 heterocycles. The van der Waals surface area contributed by atoms with Gasteiger partial charge in [0.15, 0.2) is 0 Å². The van der Waals surface area contributed by atoms with E-state index in [0.717, 1.165) is 41.7 Å². The molecule has 0 spiro atoms. The summed E-state index contributed by atoms with van der Waals surface area (Å²) in [6, 6.07) is 6.12. The normalized spacial score (nSPS) is 22.5. The average Bonchev–Trinajstić information content (AvgIpc) is 2.46. The van der Waals surface area contributed by atoms with Gasteiger partial charge in [-0.05, 0) is 57.1 Å². The third-order valence-electron chi connectivity index (χ3n) is 4.24. The summed E-state index contributed by atoms with van der Waals surface area (Å²) < 4.78 is 7.26. The van der Waals surface area contributed by atoms with Crippen LogP contribution in [0.2, 0.25) is 0 Å². The van der Waals surface area contributed by atoms with Gasteiger partial charge in [-0.3, -0.25) is 0 Å². The van der Waals surface area contributed by atoms with Crippen LogP contribution in [0.5, 0.6) is 5.75 Å². The Kier molecular flexibility index (Phi) is 6.08. The molecule has 3 heteroatoms. The Hall–Kier alpha value is -0.830. The van der Waals surface area contributed by atoms with E-state index < -0.39 is 0 Å². The van der Waals surface area contributed by atoms with Gasteiger partial charge in [-0.2, -0.15) is 0 Å². The molecule has 0 saturated heterocycles. The molecule has 2 nitrogen and oxygen atoms in total. The summed E-state index contributed by atoms with van der Waals surface area (Å²) in [5.41, 5.74) is 1.18. The predicted molar refractivity (Wildman–Crippen MR) is 85.2 cm³/mol. The van der Waals surface area contributed by atoms with Crippen molar-refractivity contribution < 1.29 is 9.53 Å². The van der Waals surface area contributed by atoms with Gasteiger partial charge < -0.3 is 9.53 Å². The van der Waals surface area contributed by atoms with E-state index in [0.29, 0.717) is 12.5 Å². The van der Waals surface area contributed by atoms with Crippen molar-refractivity contribution in [2.24, 2.45) is 5.92 Å². The predicted octanol–water partition coefficient (Wildman–Crippen LogP) is 5.06. The zero-order chi connectivity index (χ0) is 14.4. The number of carbonyl (C=O) groups excluding carboxylic acids is 1. The van der Waals surface area contributed by atoms with Crippen molar-refractivity contribution in [3.63, 3.8) is 0 Å². The molecular formula is C17H23BrO2. The summed E-state index contributed by atoms with van der Waals surface area (Å²) in [6.45, 7) is 2.09. The number of benzene rings is 1. The molecule has 0 radical (unpaired) electrons. The summed E-state index contributed by atoms with van der Waals surface area (Å²) in [7, 11) is 0. The first-order chi connectivity index (χ1) is 9.70. The van der Waals surface area contributed by atoms with E-state index in [1.54, 1.807) is 0 Å². The summed E-state index contributed by atoms with van der Waals surface area (Å²) >= 11 is 3.55. The van der Waals surface area contributed by atoms with E-state index in [2.05, 4.69) is 28.9 Å². The Morgan fingerprint density at radius 2 is 2.05 bits per heavy atom. The van der Waals surface area contributed by atoms with Crippen LogP contribution in [0.3, 0.4) is 0 Å². The van der Waals surface area contributed by atoms with Crippen LogP contribution >= 0.6 is 15.9 Å². The highest BCUT2D eigenvalue weighted by atomic mass is 79.9. The van der Waals surface area contributed by atoms with Crippen molar-refractivity contribution >= 4 is 22.2 Å². The molecule has 1 fully saturated rings. The molecule has 0 aromatic heterocycles. The minimum absolute atomic E-state index is 0.352. The first-order valence-corrected chi connectivity index (χ1v) is 8.35. The molecule has 1 aliphatic rings. The van der Waals surface area contributed by atoms with Gasteiger partial charge >= 0.3 is 0 Å². The zero-order valence-electron chi connectivity index (χ0n) is 12.1. The minimum atomic E-state index is 0.352. The quantitative estimate of drug-likeness (QED) is 0.535. The van der Waals surface area contributed by atoms with E-state index in [1.165, 1.54) is 24.8 Å². The number of rotatable bonds is 6. The second-order valence-electron chi connectivity index (χ2n) is 5.72. The Bertz CT molecular complexity index is 437. The molecule has 0 N–H and O–H groups in total. The van der Waals surface area contributed by atoms with E-state index in [1.807, 2.05) is 12.1 Å². The van der Waals surface area contributed by atoms with Crippen molar-refractivity contribution in [1.82, 2.24) is 0 Å². The number of halogens is 1. The number of hydrogen-bond donors (Lipinski definition) is 0. The number of carbonyl (C=O) groups is 1. The molecule has 110 valence electrons. The molecule has 1 aliphatic carbocycles. The molecule has 1 aromatic carbocycles. The van der Waals surface area contributed by atoms with Crippen molar-refractivity contribution in [1.29, 1.82) is 0 Å². The summed E-state index contributed by atoms with van der Waals surface area (Å²) in [5, 5.41) is 0. The van der Waals surface area contributed by atoms with Crippen LogP contribution in [0.4, 0.5) is 0 Å². The van der Waals surface area contributed by atoms with Crippen molar-refractivity contribution in [3.05, 3.63) is 28.2 Å².